The van der Waals surface area contributed by atoms with Gasteiger partial charge in [0.1, 0.15) is 5.75 Å². The van der Waals surface area contributed by atoms with Gasteiger partial charge in [-0.25, -0.2) is 8.42 Å². The predicted molar refractivity (Wildman–Crippen MR) is 77.4 cm³/mol. The van der Waals surface area contributed by atoms with E-state index in [1.54, 1.807) is 6.92 Å². The van der Waals surface area contributed by atoms with Crippen molar-refractivity contribution in [1.82, 2.24) is 0 Å². The minimum absolute atomic E-state index is 0.0261. The van der Waals surface area contributed by atoms with E-state index in [4.69, 9.17) is 21.2 Å². The van der Waals surface area contributed by atoms with E-state index >= 15 is 0 Å². The summed E-state index contributed by atoms with van der Waals surface area (Å²) in [5.74, 6) is -0.299. The lowest BCUT2D eigenvalue weighted by Crippen LogP contribution is -2.26. The minimum atomic E-state index is -3.78. The molecule has 5 nitrogen and oxygen atoms in total. The van der Waals surface area contributed by atoms with Crippen LogP contribution in [0.4, 0.5) is 0 Å². The van der Waals surface area contributed by atoms with E-state index in [1.807, 2.05) is 13.8 Å². The zero-order valence-corrected chi connectivity index (χ0v) is 13.2. The summed E-state index contributed by atoms with van der Waals surface area (Å²) in [6.07, 6.45) is 0. The second-order valence-corrected chi connectivity index (χ2v) is 7.47. The molecule has 2 N–H and O–H groups in total. The van der Waals surface area contributed by atoms with Gasteiger partial charge in [-0.15, -0.1) is 0 Å². The van der Waals surface area contributed by atoms with Crippen LogP contribution in [0.5, 0.6) is 5.75 Å². The van der Waals surface area contributed by atoms with Crippen LogP contribution in [-0.4, -0.2) is 20.9 Å². The van der Waals surface area contributed by atoms with Crippen LogP contribution in [0, 0.1) is 5.92 Å². The van der Waals surface area contributed by atoms with Gasteiger partial charge in [0, 0.05) is 10.7 Å². The van der Waals surface area contributed by atoms with Crippen molar-refractivity contribution >= 4 is 25.6 Å². The van der Waals surface area contributed by atoms with Crippen molar-refractivity contribution in [3.8, 4) is 5.75 Å². The number of hydrogen-bond acceptors (Lipinski definition) is 4. The third-order valence-electron chi connectivity index (χ3n) is 2.86. The molecule has 7 heteroatoms. The normalized spacial score (nSPS) is 13.2. The highest BCUT2D eigenvalue weighted by atomic mass is 35.7. The van der Waals surface area contributed by atoms with Gasteiger partial charge in [0.05, 0.1) is 17.4 Å². The highest BCUT2D eigenvalue weighted by molar-refractivity contribution is 8.13. The van der Waals surface area contributed by atoms with E-state index in [0.29, 0.717) is 11.3 Å². The first kappa shape index (κ1) is 16.8. The number of rotatable bonds is 6. The molecule has 0 saturated carbocycles. The molecule has 112 valence electrons. The van der Waals surface area contributed by atoms with E-state index in [-0.39, 0.29) is 17.4 Å². The van der Waals surface area contributed by atoms with Crippen molar-refractivity contribution in [2.24, 2.45) is 11.7 Å². The zero-order valence-electron chi connectivity index (χ0n) is 11.6. The summed E-state index contributed by atoms with van der Waals surface area (Å²) in [5, 5.41) is 0. The lowest BCUT2D eigenvalue weighted by molar-refractivity contribution is -0.122. The summed E-state index contributed by atoms with van der Waals surface area (Å²) in [6.45, 7) is 5.62. The second kappa shape index (κ2) is 6.45. The number of nitrogens with two attached hydrogens (primary N) is 1. The summed E-state index contributed by atoms with van der Waals surface area (Å²) in [5.41, 5.74) is 5.87. The fraction of sp³-hybridized carbons (Fsp3) is 0.462. The van der Waals surface area contributed by atoms with E-state index in [1.165, 1.54) is 18.2 Å². The van der Waals surface area contributed by atoms with Gasteiger partial charge in [-0.3, -0.25) is 4.79 Å². The molecule has 1 unspecified atom stereocenters. The van der Waals surface area contributed by atoms with Crippen molar-refractivity contribution in [1.29, 1.82) is 0 Å². The fourth-order valence-corrected chi connectivity index (χ4v) is 2.34. The summed E-state index contributed by atoms with van der Waals surface area (Å²) in [7, 11) is 1.55. The molecule has 0 radical (unpaired) electrons. The third-order valence-corrected chi connectivity index (χ3v) is 4.21. The lowest BCUT2D eigenvalue weighted by Gasteiger charge is -2.16. The largest absolute Gasteiger partial charge is 0.492 e. The standard InChI is InChI=1S/C13H18ClNO4S/c1-8(2)11-6-10(20(14,17)18)4-5-12(11)19-7-9(3)13(15)16/h4-6,8-9H,7H2,1-3H3,(H2,15,16). The van der Waals surface area contributed by atoms with Crippen molar-refractivity contribution < 1.29 is 17.9 Å². The molecule has 1 aromatic rings. The Morgan fingerprint density at radius 1 is 1.35 bits per heavy atom. The fourth-order valence-electron chi connectivity index (χ4n) is 1.56. The molecule has 1 rings (SSSR count). The van der Waals surface area contributed by atoms with Crippen LogP contribution < -0.4 is 10.5 Å². The summed E-state index contributed by atoms with van der Waals surface area (Å²) >= 11 is 0. The first-order valence-electron chi connectivity index (χ1n) is 6.13. The van der Waals surface area contributed by atoms with Gasteiger partial charge >= 0.3 is 0 Å². The average Bonchev–Trinajstić information content (AvgIpc) is 2.34. The average molecular weight is 320 g/mol. The molecule has 0 aromatic heterocycles. The third kappa shape index (κ3) is 4.38. The minimum Gasteiger partial charge on any atom is -0.492 e. The van der Waals surface area contributed by atoms with Crippen LogP contribution in [0.2, 0.25) is 0 Å². The van der Waals surface area contributed by atoms with Gasteiger partial charge in [0.2, 0.25) is 5.91 Å². The van der Waals surface area contributed by atoms with Gasteiger partial charge in [0.15, 0.2) is 0 Å². The van der Waals surface area contributed by atoms with E-state index in [2.05, 4.69) is 0 Å². The van der Waals surface area contributed by atoms with Crippen LogP contribution in [0.25, 0.3) is 0 Å². The molecule has 0 heterocycles. The van der Waals surface area contributed by atoms with Gasteiger partial charge in [0.25, 0.3) is 9.05 Å². The number of ether oxygens (including phenoxy) is 1. The maximum absolute atomic E-state index is 11.3. The van der Waals surface area contributed by atoms with Gasteiger partial charge in [-0.05, 0) is 29.7 Å². The molecule has 1 aromatic carbocycles. The van der Waals surface area contributed by atoms with Crippen LogP contribution in [0.15, 0.2) is 23.1 Å². The van der Waals surface area contributed by atoms with E-state index in [9.17, 15) is 13.2 Å². The van der Waals surface area contributed by atoms with Crippen LogP contribution in [0.1, 0.15) is 32.3 Å². The number of halogens is 1. The summed E-state index contributed by atoms with van der Waals surface area (Å²) in [4.78, 5) is 11.0. The van der Waals surface area contributed by atoms with Crippen LogP contribution >= 0.6 is 10.7 Å². The lowest BCUT2D eigenvalue weighted by atomic mass is 10.0. The first-order valence-corrected chi connectivity index (χ1v) is 8.44. The van der Waals surface area contributed by atoms with Crippen LogP contribution in [-0.2, 0) is 13.8 Å². The zero-order chi connectivity index (χ0) is 15.5. The maximum Gasteiger partial charge on any atom is 0.261 e. The Hall–Kier alpha value is -1.27. The molecule has 0 saturated heterocycles. The van der Waals surface area contributed by atoms with Gasteiger partial charge in [-0.2, -0.15) is 0 Å². The Labute approximate surface area is 123 Å². The van der Waals surface area contributed by atoms with E-state index in [0.717, 1.165) is 0 Å². The number of carbonyl (C=O) groups excluding carboxylic acids is 1. The molecular weight excluding hydrogens is 302 g/mol. The molecule has 0 fully saturated rings. The number of hydrogen-bond donors (Lipinski definition) is 1. The van der Waals surface area contributed by atoms with Crippen molar-refractivity contribution in [3.63, 3.8) is 0 Å². The van der Waals surface area contributed by atoms with Crippen molar-refractivity contribution in [3.05, 3.63) is 23.8 Å². The first-order chi connectivity index (χ1) is 9.12. The Kier molecular flexibility index (Phi) is 5.42. The van der Waals surface area contributed by atoms with Gasteiger partial charge in [-0.1, -0.05) is 20.8 Å². The van der Waals surface area contributed by atoms with Crippen molar-refractivity contribution in [2.75, 3.05) is 6.61 Å². The molecule has 1 atom stereocenters. The number of primary amides is 1. The smallest absolute Gasteiger partial charge is 0.261 e. The predicted octanol–water partition coefficient (Wildman–Crippen LogP) is 2.24. The molecule has 0 aliphatic carbocycles. The van der Waals surface area contributed by atoms with Crippen LogP contribution in [0.3, 0.4) is 0 Å². The molecule has 1 amide bonds. The maximum atomic E-state index is 11.3. The molecular formula is C13H18ClNO4S. The van der Waals surface area contributed by atoms with E-state index < -0.39 is 20.9 Å². The Morgan fingerprint density at radius 3 is 2.40 bits per heavy atom. The molecule has 0 aliphatic rings. The Morgan fingerprint density at radius 2 is 1.95 bits per heavy atom. The summed E-state index contributed by atoms with van der Waals surface area (Å²) < 4.78 is 28.2. The topological polar surface area (TPSA) is 86.5 Å². The van der Waals surface area contributed by atoms with Gasteiger partial charge < -0.3 is 10.5 Å². The number of benzene rings is 1. The molecule has 20 heavy (non-hydrogen) atoms. The quantitative estimate of drug-likeness (QED) is 0.815. The monoisotopic (exact) mass is 319 g/mol. The SMILES string of the molecule is CC(COc1ccc(S(=O)(=O)Cl)cc1C(C)C)C(N)=O. The summed E-state index contributed by atoms with van der Waals surface area (Å²) in [6, 6.07) is 4.40. The Bertz CT molecular complexity index is 598. The molecule has 0 bridgehead atoms. The molecule has 0 spiro atoms. The number of carbonyl (C=O) groups is 1. The van der Waals surface area contributed by atoms with Crippen molar-refractivity contribution in [2.45, 2.75) is 31.6 Å². The highest BCUT2D eigenvalue weighted by Crippen LogP contribution is 2.30. The highest BCUT2D eigenvalue weighted by Gasteiger charge is 2.17. The number of amides is 1. The molecule has 0 aliphatic heterocycles. The Balaban J connectivity index is 3.05. The second-order valence-electron chi connectivity index (χ2n) is 4.91.